The molecule has 0 radical (unpaired) electrons. The van der Waals surface area contributed by atoms with Gasteiger partial charge in [-0.25, -0.2) is 4.98 Å². The Balaban J connectivity index is 1.82. The number of imidazole rings is 1. The van der Waals surface area contributed by atoms with E-state index in [4.69, 9.17) is 0 Å². The van der Waals surface area contributed by atoms with E-state index >= 15 is 0 Å². The van der Waals surface area contributed by atoms with Crippen LogP contribution in [0.1, 0.15) is 72.2 Å². The summed E-state index contributed by atoms with van der Waals surface area (Å²) in [6.45, 7) is 9.95. The lowest BCUT2D eigenvalue weighted by atomic mass is 9.92. The third-order valence-electron chi connectivity index (χ3n) is 8.18. The lowest BCUT2D eigenvalue weighted by Crippen LogP contribution is -2.40. The number of rotatable bonds is 12. The number of nitrogens with one attached hydrogen (secondary N) is 1. The average molecular weight is 654 g/mol. The van der Waals surface area contributed by atoms with Crippen molar-refractivity contribution in [3.05, 3.63) is 92.8 Å². The number of likely N-dealkylation sites (N-methyl/N-ethyl adjacent to an activating group) is 1. The van der Waals surface area contributed by atoms with Gasteiger partial charge in [-0.15, -0.1) is 0 Å². The quantitative estimate of drug-likeness (QED) is 0.191. The number of hydrogen-bond acceptors (Lipinski definition) is 5. The molecule has 0 aliphatic rings. The monoisotopic (exact) mass is 653 g/mol. The maximum atomic E-state index is 14.1. The first-order valence-electron chi connectivity index (χ1n) is 15.5. The average Bonchev–Trinajstić information content (AvgIpc) is 3.42. The summed E-state index contributed by atoms with van der Waals surface area (Å²) in [6.07, 6.45) is 1.13. The molecule has 47 heavy (non-hydrogen) atoms. The summed E-state index contributed by atoms with van der Waals surface area (Å²) in [7, 11) is 3.46. The van der Waals surface area contributed by atoms with Crippen molar-refractivity contribution in [3.63, 3.8) is 0 Å². The van der Waals surface area contributed by atoms with E-state index in [9.17, 15) is 32.7 Å². The van der Waals surface area contributed by atoms with E-state index in [0.717, 1.165) is 38.6 Å². The molecule has 4 rings (SSSR count). The van der Waals surface area contributed by atoms with Crippen LogP contribution in [0.25, 0.3) is 16.8 Å². The molecule has 252 valence electrons. The maximum absolute atomic E-state index is 14.1. The van der Waals surface area contributed by atoms with Crippen LogP contribution >= 0.6 is 0 Å². The first-order valence-corrected chi connectivity index (χ1v) is 15.5. The van der Waals surface area contributed by atoms with Gasteiger partial charge in [0.25, 0.3) is 5.56 Å². The van der Waals surface area contributed by atoms with E-state index in [2.05, 4.69) is 22.4 Å². The molecular weight excluding hydrogens is 611 g/mol. The number of carboxylic acids is 1. The Kier molecular flexibility index (Phi) is 10.6. The van der Waals surface area contributed by atoms with Crippen molar-refractivity contribution in [3.8, 4) is 11.1 Å². The molecular formula is C35H42F3N5O4. The summed E-state index contributed by atoms with van der Waals surface area (Å²) < 4.78 is 44.7. The van der Waals surface area contributed by atoms with Crippen molar-refractivity contribution in [2.24, 2.45) is 5.92 Å². The third-order valence-corrected chi connectivity index (χ3v) is 8.18. The van der Waals surface area contributed by atoms with Gasteiger partial charge in [0.2, 0.25) is 5.91 Å². The molecule has 0 saturated carbocycles. The van der Waals surface area contributed by atoms with Crippen LogP contribution < -0.4 is 10.9 Å². The molecule has 0 spiro atoms. The lowest BCUT2D eigenvalue weighted by molar-refractivity contribution is -0.139. The number of pyridine rings is 2. The summed E-state index contributed by atoms with van der Waals surface area (Å²) in [5, 5.41) is 12.7. The Morgan fingerprint density at radius 2 is 1.70 bits per heavy atom. The van der Waals surface area contributed by atoms with Crippen LogP contribution in [-0.2, 0) is 22.2 Å². The highest BCUT2D eigenvalue weighted by Crippen LogP contribution is 2.35. The predicted molar refractivity (Wildman–Crippen MR) is 174 cm³/mol. The molecule has 0 bridgehead atoms. The predicted octanol–water partition coefficient (Wildman–Crippen LogP) is 6.13. The normalized spacial score (nSPS) is 13.4. The Bertz CT molecular complexity index is 1820. The van der Waals surface area contributed by atoms with Crippen LogP contribution in [0, 0.1) is 26.7 Å². The topological polar surface area (TPSA) is 109 Å². The van der Waals surface area contributed by atoms with E-state index in [-0.39, 0.29) is 24.3 Å². The number of carboxylic acid groups (broad SMARTS) is 1. The second-order valence-corrected chi connectivity index (χ2v) is 12.9. The van der Waals surface area contributed by atoms with Gasteiger partial charge in [-0.2, -0.15) is 13.2 Å². The number of carbonyl (C=O) groups is 2. The second kappa shape index (κ2) is 14.1. The molecule has 2 atom stereocenters. The minimum Gasteiger partial charge on any atom is -0.481 e. The zero-order valence-corrected chi connectivity index (χ0v) is 27.8. The largest absolute Gasteiger partial charge is 0.481 e. The van der Waals surface area contributed by atoms with Crippen LogP contribution in [0.4, 0.5) is 13.2 Å². The fourth-order valence-electron chi connectivity index (χ4n) is 6.16. The number of aryl methyl sites for hydroxylation is 3. The van der Waals surface area contributed by atoms with E-state index < -0.39 is 47.7 Å². The highest BCUT2D eigenvalue weighted by Gasteiger charge is 2.36. The SMILES string of the molecule is Cc1cc(C)c(-c2cc([C@H](CC(=O)O)NC(=O)[C@H](CC(C)C)n3cc(CCN(C)C)c(C(F)(F)F)cc3=O)cn3ccnc23)c(C)c1. The van der Waals surface area contributed by atoms with Gasteiger partial charge < -0.3 is 24.3 Å². The highest BCUT2D eigenvalue weighted by atomic mass is 19.4. The van der Waals surface area contributed by atoms with E-state index in [1.807, 2.05) is 40.7 Å². The number of aliphatic carboxylic acids is 1. The molecule has 2 N–H and O–H groups in total. The number of aromatic nitrogens is 3. The molecule has 3 heterocycles. The first-order chi connectivity index (χ1) is 22.0. The molecule has 0 fully saturated rings. The molecule has 1 aromatic carbocycles. The summed E-state index contributed by atoms with van der Waals surface area (Å²) in [5.41, 5.74) is 3.86. The smallest absolute Gasteiger partial charge is 0.416 e. The van der Waals surface area contributed by atoms with Crippen molar-refractivity contribution in [1.82, 2.24) is 24.2 Å². The van der Waals surface area contributed by atoms with Crippen LogP contribution in [-0.4, -0.2) is 56.5 Å². The molecule has 0 unspecified atom stereocenters. The summed E-state index contributed by atoms with van der Waals surface area (Å²) in [6, 6.07) is 4.27. The lowest BCUT2D eigenvalue weighted by Gasteiger charge is -2.26. The number of benzene rings is 1. The zero-order chi connectivity index (χ0) is 34.8. The molecule has 4 aromatic rings. The Hall–Kier alpha value is -4.45. The molecule has 0 saturated heterocycles. The fraction of sp³-hybridized carbons (Fsp3) is 0.429. The molecule has 9 nitrogen and oxygen atoms in total. The van der Waals surface area contributed by atoms with E-state index in [1.165, 1.54) is 0 Å². The molecule has 1 amide bonds. The van der Waals surface area contributed by atoms with Gasteiger partial charge in [-0.05, 0) is 87.5 Å². The van der Waals surface area contributed by atoms with Gasteiger partial charge in [0.15, 0.2) is 0 Å². The number of fused-ring (bicyclic) bond motifs is 1. The van der Waals surface area contributed by atoms with Crippen molar-refractivity contribution < 1.29 is 27.9 Å². The van der Waals surface area contributed by atoms with Crippen molar-refractivity contribution in [2.45, 2.75) is 72.1 Å². The van der Waals surface area contributed by atoms with Gasteiger partial charge in [0.1, 0.15) is 11.7 Å². The summed E-state index contributed by atoms with van der Waals surface area (Å²) in [5.74, 6) is -1.95. The number of carbonyl (C=O) groups excluding carboxylic acids is 1. The Morgan fingerprint density at radius 3 is 2.28 bits per heavy atom. The number of halogens is 3. The van der Waals surface area contributed by atoms with Gasteiger partial charge in [-0.1, -0.05) is 31.5 Å². The van der Waals surface area contributed by atoms with Crippen LogP contribution in [0.2, 0.25) is 0 Å². The summed E-state index contributed by atoms with van der Waals surface area (Å²) >= 11 is 0. The fourth-order valence-corrected chi connectivity index (χ4v) is 6.16. The van der Waals surface area contributed by atoms with Gasteiger partial charge >= 0.3 is 12.1 Å². The minimum atomic E-state index is -4.75. The maximum Gasteiger partial charge on any atom is 0.416 e. The van der Waals surface area contributed by atoms with Crippen LogP contribution in [0.3, 0.4) is 0 Å². The molecule has 0 aliphatic carbocycles. The number of nitrogens with zero attached hydrogens (tertiary/aromatic N) is 4. The van der Waals surface area contributed by atoms with Crippen molar-refractivity contribution in [1.29, 1.82) is 0 Å². The second-order valence-electron chi connectivity index (χ2n) is 12.9. The standard InChI is InChI=1S/C35H42F3N5O4/c1-20(2)12-29(43-19-24(8-10-41(6)7)27(16-30(43)44)35(36,37)38)34(47)40-28(17-31(45)46)25-15-26(33-39-9-11-42(33)18-25)32-22(4)13-21(3)14-23(32)5/h9,11,13-16,18-20,28-29H,8,10,12,17H2,1-7H3,(H,40,47)(H,45,46)/t28-,29-/m0/s1. The molecule has 3 aromatic heterocycles. The van der Waals surface area contributed by atoms with Gasteiger partial charge in [0.05, 0.1) is 18.0 Å². The number of amides is 1. The van der Waals surface area contributed by atoms with Crippen molar-refractivity contribution in [2.75, 3.05) is 20.6 Å². The Morgan fingerprint density at radius 1 is 1.04 bits per heavy atom. The Labute approximate surface area is 272 Å². The third kappa shape index (κ3) is 8.29. The first kappa shape index (κ1) is 35.4. The highest BCUT2D eigenvalue weighted by molar-refractivity contribution is 5.84. The van der Waals surface area contributed by atoms with Gasteiger partial charge in [0, 0.05) is 43.0 Å². The van der Waals surface area contributed by atoms with E-state index in [0.29, 0.717) is 23.8 Å². The van der Waals surface area contributed by atoms with E-state index in [1.54, 1.807) is 42.0 Å². The number of hydrogen-bond donors (Lipinski definition) is 2. The molecule has 0 aliphatic heterocycles. The van der Waals surface area contributed by atoms with Crippen LogP contribution in [0.5, 0.6) is 0 Å². The summed E-state index contributed by atoms with van der Waals surface area (Å²) in [4.78, 5) is 45.6. The van der Waals surface area contributed by atoms with Gasteiger partial charge in [-0.3, -0.25) is 14.4 Å². The van der Waals surface area contributed by atoms with Crippen molar-refractivity contribution >= 4 is 17.5 Å². The zero-order valence-electron chi connectivity index (χ0n) is 27.8. The molecule has 12 heteroatoms. The number of alkyl halides is 3. The minimum absolute atomic E-state index is 0.00528. The van der Waals surface area contributed by atoms with Crippen LogP contribution in [0.15, 0.2) is 53.8 Å².